The van der Waals surface area contributed by atoms with E-state index in [4.69, 9.17) is 0 Å². The molecule has 1 aromatic carbocycles. The number of aromatic nitrogens is 6. The quantitative estimate of drug-likeness (QED) is 0.698. The Bertz CT molecular complexity index is 835. The zero-order valence-electron chi connectivity index (χ0n) is 14.4. The maximum Gasteiger partial charge on any atom is 0.180 e. The Labute approximate surface area is 150 Å². The highest BCUT2D eigenvalue weighted by molar-refractivity contribution is 5.46. The first-order valence-corrected chi connectivity index (χ1v) is 8.74. The molecule has 0 aliphatic carbocycles. The number of hydrogen-bond acceptors (Lipinski definition) is 6. The second-order valence-electron chi connectivity index (χ2n) is 6.33. The van der Waals surface area contributed by atoms with Gasteiger partial charge in [-0.3, -0.25) is 9.58 Å². The van der Waals surface area contributed by atoms with Crippen LogP contribution in [0.5, 0.6) is 0 Å². The number of rotatable bonds is 6. The molecule has 0 bridgehead atoms. The van der Waals surface area contributed by atoms with Gasteiger partial charge in [0.05, 0.1) is 19.3 Å². The van der Waals surface area contributed by atoms with E-state index in [1.807, 2.05) is 10.9 Å². The molecular weight excluding hydrogens is 335 g/mol. The summed E-state index contributed by atoms with van der Waals surface area (Å²) in [4.78, 5) is 6.72. The van der Waals surface area contributed by atoms with Crippen LogP contribution in [0, 0.1) is 5.82 Å². The third kappa shape index (κ3) is 3.94. The maximum atomic E-state index is 13.1. The SMILES string of the molecule is Fc1ccc(Cn2ncnc2-c2cn(CCN3CCNCC3)nn2)cc1. The standard InChI is InChI=1S/C17H21FN8/c18-15-3-1-14(2-4-15)11-26-17(20-13-21-26)16-12-25(23-22-16)10-9-24-7-5-19-6-8-24/h1-4,12-13,19H,5-11H2. The van der Waals surface area contributed by atoms with Gasteiger partial charge in [-0.2, -0.15) is 5.10 Å². The van der Waals surface area contributed by atoms with Crippen LogP contribution in [-0.4, -0.2) is 67.4 Å². The molecule has 4 rings (SSSR count). The molecule has 0 spiro atoms. The van der Waals surface area contributed by atoms with Crippen LogP contribution in [0.15, 0.2) is 36.8 Å². The number of nitrogens with one attached hydrogen (secondary N) is 1. The minimum absolute atomic E-state index is 0.250. The van der Waals surface area contributed by atoms with E-state index < -0.39 is 0 Å². The van der Waals surface area contributed by atoms with Gasteiger partial charge in [0.25, 0.3) is 0 Å². The van der Waals surface area contributed by atoms with Crippen molar-refractivity contribution in [3.63, 3.8) is 0 Å². The fraction of sp³-hybridized carbons (Fsp3) is 0.412. The summed E-state index contributed by atoms with van der Waals surface area (Å²) in [6.07, 6.45) is 3.39. The van der Waals surface area contributed by atoms with Crippen molar-refractivity contribution in [1.29, 1.82) is 0 Å². The number of nitrogens with zero attached hydrogens (tertiary/aromatic N) is 7. The van der Waals surface area contributed by atoms with Crippen molar-refractivity contribution >= 4 is 0 Å². The predicted octanol–water partition coefficient (Wildman–Crippen LogP) is 0.629. The molecule has 8 nitrogen and oxygen atoms in total. The molecule has 0 atom stereocenters. The van der Waals surface area contributed by atoms with Gasteiger partial charge in [0.1, 0.15) is 17.8 Å². The lowest BCUT2D eigenvalue weighted by Crippen LogP contribution is -2.44. The molecule has 2 aromatic heterocycles. The Hall–Kier alpha value is -2.65. The van der Waals surface area contributed by atoms with Gasteiger partial charge >= 0.3 is 0 Å². The molecule has 1 saturated heterocycles. The summed E-state index contributed by atoms with van der Waals surface area (Å²) in [7, 11) is 0. The van der Waals surface area contributed by atoms with Crippen LogP contribution >= 0.6 is 0 Å². The molecule has 26 heavy (non-hydrogen) atoms. The minimum atomic E-state index is -0.250. The topological polar surface area (TPSA) is 76.7 Å². The summed E-state index contributed by atoms with van der Waals surface area (Å²) < 4.78 is 16.6. The van der Waals surface area contributed by atoms with E-state index >= 15 is 0 Å². The molecule has 0 amide bonds. The normalized spacial score (nSPS) is 15.4. The summed E-state index contributed by atoms with van der Waals surface area (Å²) in [5.41, 5.74) is 1.63. The lowest BCUT2D eigenvalue weighted by Gasteiger charge is -2.26. The van der Waals surface area contributed by atoms with Crippen molar-refractivity contribution < 1.29 is 4.39 Å². The molecule has 1 aliphatic rings. The van der Waals surface area contributed by atoms with Gasteiger partial charge in [-0.05, 0) is 17.7 Å². The second kappa shape index (κ2) is 7.71. The van der Waals surface area contributed by atoms with E-state index in [2.05, 4.69) is 30.6 Å². The highest BCUT2D eigenvalue weighted by Crippen LogP contribution is 2.14. The summed E-state index contributed by atoms with van der Waals surface area (Å²) in [6, 6.07) is 6.37. The van der Waals surface area contributed by atoms with Gasteiger partial charge in [-0.1, -0.05) is 17.3 Å². The molecule has 0 radical (unpaired) electrons. The van der Waals surface area contributed by atoms with Crippen LogP contribution in [0.3, 0.4) is 0 Å². The largest absolute Gasteiger partial charge is 0.314 e. The smallest absolute Gasteiger partial charge is 0.180 e. The molecule has 9 heteroatoms. The number of piperazine rings is 1. The fourth-order valence-electron chi connectivity index (χ4n) is 3.03. The van der Waals surface area contributed by atoms with Crippen molar-refractivity contribution in [2.24, 2.45) is 0 Å². The van der Waals surface area contributed by atoms with Gasteiger partial charge in [0, 0.05) is 32.7 Å². The molecule has 0 unspecified atom stereocenters. The fourth-order valence-corrected chi connectivity index (χ4v) is 3.03. The number of benzene rings is 1. The van der Waals surface area contributed by atoms with Crippen LogP contribution in [-0.2, 0) is 13.1 Å². The van der Waals surface area contributed by atoms with Crippen LogP contribution in [0.2, 0.25) is 0 Å². The van der Waals surface area contributed by atoms with Gasteiger partial charge in [-0.15, -0.1) is 5.10 Å². The van der Waals surface area contributed by atoms with Crippen LogP contribution in [0.4, 0.5) is 4.39 Å². The van der Waals surface area contributed by atoms with Gasteiger partial charge < -0.3 is 5.32 Å². The number of halogens is 1. The van der Waals surface area contributed by atoms with Crippen molar-refractivity contribution in [2.75, 3.05) is 32.7 Å². The van der Waals surface area contributed by atoms with Gasteiger partial charge in [0.2, 0.25) is 0 Å². The molecule has 0 saturated carbocycles. The lowest BCUT2D eigenvalue weighted by molar-refractivity contribution is 0.228. The summed E-state index contributed by atoms with van der Waals surface area (Å²) in [5.74, 6) is 0.405. The average molecular weight is 356 g/mol. The van der Waals surface area contributed by atoms with Crippen LogP contribution < -0.4 is 5.32 Å². The zero-order valence-corrected chi connectivity index (χ0v) is 14.4. The minimum Gasteiger partial charge on any atom is -0.314 e. The monoisotopic (exact) mass is 356 g/mol. The molecule has 1 N–H and O–H groups in total. The third-order valence-corrected chi connectivity index (χ3v) is 4.48. The van der Waals surface area contributed by atoms with E-state index in [0.29, 0.717) is 18.1 Å². The molecule has 1 aliphatic heterocycles. The summed E-state index contributed by atoms with van der Waals surface area (Å²) >= 11 is 0. The first kappa shape index (κ1) is 16.8. The summed E-state index contributed by atoms with van der Waals surface area (Å²) in [5, 5.41) is 16.1. The zero-order chi connectivity index (χ0) is 17.8. The maximum absolute atomic E-state index is 13.1. The first-order valence-electron chi connectivity index (χ1n) is 8.74. The van der Waals surface area contributed by atoms with Crippen LogP contribution in [0.1, 0.15) is 5.56 Å². The highest BCUT2D eigenvalue weighted by Gasteiger charge is 2.13. The van der Waals surface area contributed by atoms with E-state index in [-0.39, 0.29) is 5.82 Å². The Balaban J connectivity index is 1.42. The molecule has 1 fully saturated rings. The van der Waals surface area contributed by atoms with Crippen molar-refractivity contribution in [1.82, 2.24) is 40.0 Å². The first-order chi connectivity index (χ1) is 12.8. The second-order valence-corrected chi connectivity index (χ2v) is 6.33. The van der Waals surface area contributed by atoms with Gasteiger partial charge in [0.15, 0.2) is 5.82 Å². The highest BCUT2D eigenvalue weighted by atomic mass is 19.1. The Morgan fingerprint density at radius 2 is 1.88 bits per heavy atom. The average Bonchev–Trinajstić information content (AvgIpc) is 3.32. The Morgan fingerprint density at radius 3 is 2.69 bits per heavy atom. The van der Waals surface area contributed by atoms with Crippen molar-refractivity contribution in [3.8, 4) is 11.5 Å². The van der Waals surface area contributed by atoms with Crippen molar-refractivity contribution in [3.05, 3.63) is 48.2 Å². The molecule has 3 heterocycles. The van der Waals surface area contributed by atoms with Crippen molar-refractivity contribution in [2.45, 2.75) is 13.1 Å². The predicted molar refractivity (Wildman–Crippen MR) is 93.8 cm³/mol. The van der Waals surface area contributed by atoms with E-state index in [1.165, 1.54) is 18.5 Å². The van der Waals surface area contributed by atoms with E-state index in [1.54, 1.807) is 16.8 Å². The Morgan fingerprint density at radius 1 is 1.08 bits per heavy atom. The molecule has 136 valence electrons. The third-order valence-electron chi connectivity index (χ3n) is 4.48. The van der Waals surface area contributed by atoms with Crippen LogP contribution in [0.25, 0.3) is 11.5 Å². The van der Waals surface area contributed by atoms with E-state index in [0.717, 1.165) is 44.8 Å². The lowest BCUT2D eigenvalue weighted by atomic mass is 10.2. The Kier molecular flexibility index (Phi) is 4.98. The van der Waals surface area contributed by atoms with E-state index in [9.17, 15) is 4.39 Å². The molecule has 3 aromatic rings. The summed E-state index contributed by atoms with van der Waals surface area (Å²) in [6.45, 7) is 6.44. The number of hydrogen-bond donors (Lipinski definition) is 1. The van der Waals surface area contributed by atoms with Gasteiger partial charge in [-0.25, -0.2) is 14.1 Å². The molecular formula is C17H21FN8.